The molecule has 4 heteroatoms. The summed E-state index contributed by atoms with van der Waals surface area (Å²) in [6.45, 7) is 5.34. The van der Waals surface area contributed by atoms with E-state index < -0.39 is 11.9 Å². The van der Waals surface area contributed by atoms with Gasteiger partial charge in [-0.25, -0.2) is 0 Å². The van der Waals surface area contributed by atoms with Gasteiger partial charge in [-0.05, 0) is 64.2 Å². The number of esters is 2. The highest BCUT2D eigenvalue weighted by molar-refractivity contribution is 5.91. The molecule has 0 unspecified atom stereocenters. The summed E-state index contributed by atoms with van der Waals surface area (Å²) in [4.78, 5) is 23.7. The molecule has 0 spiro atoms. The third-order valence-corrected chi connectivity index (χ3v) is 8.13. The highest BCUT2D eigenvalue weighted by Gasteiger charge is 2.11. The summed E-state index contributed by atoms with van der Waals surface area (Å²) in [7, 11) is 0. The van der Waals surface area contributed by atoms with Crippen molar-refractivity contribution in [3.8, 4) is 0 Å². The van der Waals surface area contributed by atoms with Crippen LogP contribution in [0.1, 0.15) is 200 Å². The van der Waals surface area contributed by atoms with Crippen LogP contribution in [0.15, 0.2) is 24.3 Å². The Morgan fingerprint density at radius 1 is 0.372 bits per heavy atom. The lowest BCUT2D eigenvalue weighted by atomic mass is 10.1. The minimum Gasteiger partial charge on any atom is -0.465 e. The lowest BCUT2D eigenvalue weighted by Gasteiger charge is -2.06. The molecule has 0 N–H and O–H groups in total. The van der Waals surface area contributed by atoms with Gasteiger partial charge in [0.25, 0.3) is 0 Å². The van der Waals surface area contributed by atoms with Crippen LogP contribution in [0, 0.1) is 0 Å². The summed E-state index contributed by atoms with van der Waals surface area (Å²) in [6.07, 6.45) is 44.3. The zero-order chi connectivity index (χ0) is 31.3. The predicted molar refractivity (Wildman–Crippen MR) is 185 cm³/mol. The minimum absolute atomic E-state index is 0.265. The maximum atomic E-state index is 11.9. The lowest BCUT2D eigenvalue weighted by molar-refractivity contribution is -0.154. The Bertz CT molecular complexity index is 585. The zero-order valence-corrected chi connectivity index (χ0v) is 28.9. The van der Waals surface area contributed by atoms with Gasteiger partial charge < -0.3 is 9.47 Å². The Balaban J connectivity index is 3.34. The molecule has 0 aromatic rings. The highest BCUT2D eigenvalue weighted by atomic mass is 16.6. The van der Waals surface area contributed by atoms with Gasteiger partial charge in [0.1, 0.15) is 6.42 Å². The van der Waals surface area contributed by atoms with Crippen LogP contribution in [0.2, 0.25) is 0 Å². The van der Waals surface area contributed by atoms with Crippen LogP contribution in [0.3, 0.4) is 0 Å². The fraction of sp³-hybridized carbons (Fsp3) is 0.846. The summed E-state index contributed by atoms with van der Waals surface area (Å²) < 4.78 is 10.4. The van der Waals surface area contributed by atoms with E-state index in [0.717, 1.165) is 25.7 Å². The standard InChI is InChI=1S/C39H72O4/c1-3-5-7-9-11-13-15-17-19-21-23-25-27-29-31-33-35-42-38(40)37-39(41)43-36-34-32-30-28-26-24-22-20-18-16-14-12-10-8-6-4-2/h17-20H,3-16,21-37H2,1-2H3. The zero-order valence-electron chi connectivity index (χ0n) is 28.9. The van der Waals surface area contributed by atoms with Crippen molar-refractivity contribution in [1.29, 1.82) is 0 Å². The number of unbranched alkanes of at least 4 members (excludes halogenated alkanes) is 24. The fourth-order valence-corrected chi connectivity index (χ4v) is 5.29. The molecular weight excluding hydrogens is 532 g/mol. The molecule has 0 rings (SSSR count). The molecule has 252 valence electrons. The van der Waals surface area contributed by atoms with Gasteiger partial charge in [0.15, 0.2) is 0 Å². The number of allylic oxidation sites excluding steroid dienone is 4. The highest BCUT2D eigenvalue weighted by Crippen LogP contribution is 2.12. The first-order valence-corrected chi connectivity index (χ1v) is 18.8. The van der Waals surface area contributed by atoms with E-state index in [1.807, 2.05) is 0 Å². The van der Waals surface area contributed by atoms with Crippen molar-refractivity contribution in [3.63, 3.8) is 0 Å². The smallest absolute Gasteiger partial charge is 0.317 e. The molecule has 0 radical (unpaired) electrons. The van der Waals surface area contributed by atoms with Crippen molar-refractivity contribution in [2.75, 3.05) is 13.2 Å². The van der Waals surface area contributed by atoms with Gasteiger partial charge in [-0.3, -0.25) is 9.59 Å². The number of carbonyl (C=O) groups is 2. The topological polar surface area (TPSA) is 52.6 Å². The van der Waals surface area contributed by atoms with Crippen LogP contribution >= 0.6 is 0 Å². The summed E-state index contributed by atoms with van der Waals surface area (Å²) >= 11 is 0. The molecule has 0 bridgehead atoms. The summed E-state index contributed by atoms with van der Waals surface area (Å²) in [5.41, 5.74) is 0. The molecule has 43 heavy (non-hydrogen) atoms. The van der Waals surface area contributed by atoms with Gasteiger partial charge in [0, 0.05) is 0 Å². The Kier molecular flexibility index (Phi) is 35.3. The van der Waals surface area contributed by atoms with Crippen molar-refractivity contribution < 1.29 is 19.1 Å². The number of carbonyl (C=O) groups excluding carboxylic acids is 2. The molecule has 0 aliphatic rings. The first-order valence-electron chi connectivity index (χ1n) is 18.8. The Morgan fingerprint density at radius 3 is 0.930 bits per heavy atom. The molecule has 0 fully saturated rings. The van der Waals surface area contributed by atoms with Crippen molar-refractivity contribution in [3.05, 3.63) is 24.3 Å². The average Bonchev–Trinajstić information content (AvgIpc) is 3.00. The van der Waals surface area contributed by atoms with Gasteiger partial charge in [-0.15, -0.1) is 0 Å². The van der Waals surface area contributed by atoms with E-state index in [1.165, 1.54) is 154 Å². The van der Waals surface area contributed by atoms with Crippen LogP contribution in [0.5, 0.6) is 0 Å². The van der Waals surface area contributed by atoms with E-state index in [1.54, 1.807) is 0 Å². The first-order chi connectivity index (χ1) is 21.2. The van der Waals surface area contributed by atoms with Crippen LogP contribution in [-0.2, 0) is 19.1 Å². The van der Waals surface area contributed by atoms with Crippen molar-refractivity contribution in [2.24, 2.45) is 0 Å². The number of hydrogen-bond donors (Lipinski definition) is 0. The predicted octanol–water partition coefficient (Wildman–Crippen LogP) is 12.5. The SMILES string of the molecule is CCCCCCCCC=CCCCCCCCCOC(=O)CC(=O)OCCCCCCCCC=CCCCCCCCC. The van der Waals surface area contributed by atoms with E-state index in [9.17, 15) is 9.59 Å². The second-order valence-electron chi connectivity index (χ2n) is 12.5. The van der Waals surface area contributed by atoms with E-state index in [2.05, 4.69) is 38.2 Å². The second-order valence-corrected chi connectivity index (χ2v) is 12.5. The van der Waals surface area contributed by atoms with Crippen LogP contribution in [-0.4, -0.2) is 25.2 Å². The van der Waals surface area contributed by atoms with E-state index in [-0.39, 0.29) is 6.42 Å². The van der Waals surface area contributed by atoms with Crippen molar-refractivity contribution >= 4 is 11.9 Å². The van der Waals surface area contributed by atoms with Gasteiger partial charge >= 0.3 is 11.9 Å². The summed E-state index contributed by atoms with van der Waals surface area (Å²) in [5.74, 6) is -0.919. The Labute approximate surface area is 268 Å². The molecule has 0 aliphatic heterocycles. The van der Waals surface area contributed by atoms with Crippen molar-refractivity contribution in [1.82, 2.24) is 0 Å². The summed E-state index contributed by atoms with van der Waals surface area (Å²) in [6, 6.07) is 0. The minimum atomic E-state index is -0.459. The van der Waals surface area contributed by atoms with Gasteiger partial charge in [-0.1, -0.05) is 154 Å². The van der Waals surface area contributed by atoms with Crippen LogP contribution in [0.25, 0.3) is 0 Å². The van der Waals surface area contributed by atoms with Gasteiger partial charge in [0.05, 0.1) is 13.2 Å². The van der Waals surface area contributed by atoms with E-state index in [4.69, 9.17) is 9.47 Å². The maximum absolute atomic E-state index is 11.9. The molecule has 0 atom stereocenters. The normalized spacial score (nSPS) is 11.6. The molecule has 0 aliphatic carbocycles. The Hall–Kier alpha value is -1.58. The second kappa shape index (κ2) is 36.6. The number of hydrogen-bond acceptors (Lipinski definition) is 4. The van der Waals surface area contributed by atoms with Gasteiger partial charge in [0.2, 0.25) is 0 Å². The monoisotopic (exact) mass is 605 g/mol. The van der Waals surface area contributed by atoms with E-state index in [0.29, 0.717) is 13.2 Å². The quantitative estimate of drug-likeness (QED) is 0.0317. The molecule has 4 nitrogen and oxygen atoms in total. The molecule has 0 aromatic heterocycles. The largest absolute Gasteiger partial charge is 0.465 e. The van der Waals surface area contributed by atoms with Crippen molar-refractivity contribution in [2.45, 2.75) is 200 Å². The molecule has 0 saturated heterocycles. The van der Waals surface area contributed by atoms with Crippen LogP contribution in [0.4, 0.5) is 0 Å². The number of rotatable bonds is 34. The molecular formula is C39H72O4. The molecule has 0 aromatic carbocycles. The molecule has 0 amide bonds. The van der Waals surface area contributed by atoms with Gasteiger partial charge in [-0.2, -0.15) is 0 Å². The average molecular weight is 605 g/mol. The third kappa shape index (κ3) is 36.5. The molecule has 0 saturated carbocycles. The molecule has 0 heterocycles. The number of ether oxygens (including phenoxy) is 2. The third-order valence-electron chi connectivity index (χ3n) is 8.13. The van der Waals surface area contributed by atoms with E-state index >= 15 is 0 Å². The Morgan fingerprint density at radius 2 is 0.628 bits per heavy atom. The first kappa shape index (κ1) is 41.4. The summed E-state index contributed by atoms with van der Waals surface area (Å²) in [5, 5.41) is 0. The van der Waals surface area contributed by atoms with Crippen LogP contribution < -0.4 is 0 Å². The maximum Gasteiger partial charge on any atom is 0.317 e. The lowest BCUT2D eigenvalue weighted by Crippen LogP contribution is -2.15. The fourth-order valence-electron chi connectivity index (χ4n) is 5.29.